The molecule has 2 saturated heterocycles. The van der Waals surface area contributed by atoms with Crippen molar-refractivity contribution in [3.8, 4) is 0 Å². The second-order valence-corrected chi connectivity index (χ2v) is 6.80. The standard InChI is InChI=1S/C17H18F10O5/c1-3-28-9-6-31-12-10(7-32-11(9)12)29-4-5-30-13(15(19,20)21)8(2)14(18,16(22,23)24)17(25,26)27/h3,9-12H,1,4-7H2,2H3/b13-8-. The molecule has 2 aliphatic rings. The zero-order valence-electron chi connectivity index (χ0n) is 16.2. The molecular weight excluding hydrogens is 474 g/mol. The Bertz CT molecular complexity index is 685. The first-order valence-electron chi connectivity index (χ1n) is 8.90. The summed E-state index contributed by atoms with van der Waals surface area (Å²) in [5.74, 6) is -2.75. The molecule has 0 spiro atoms. The lowest BCUT2D eigenvalue weighted by atomic mass is 9.94. The molecule has 4 atom stereocenters. The van der Waals surface area contributed by atoms with Gasteiger partial charge in [0.25, 0.3) is 0 Å². The van der Waals surface area contributed by atoms with E-state index < -0.39 is 73.2 Å². The summed E-state index contributed by atoms with van der Waals surface area (Å²) in [6.45, 7) is 1.30. The number of allylic oxidation sites excluding steroid dienone is 2. The van der Waals surface area contributed by atoms with Crippen LogP contribution in [0, 0.1) is 0 Å². The van der Waals surface area contributed by atoms with Crippen LogP contribution in [0.2, 0.25) is 0 Å². The highest BCUT2D eigenvalue weighted by Crippen LogP contribution is 2.52. The molecule has 0 bridgehead atoms. The zero-order chi connectivity index (χ0) is 24.5. The van der Waals surface area contributed by atoms with E-state index in [0.717, 1.165) is 6.26 Å². The third kappa shape index (κ3) is 5.09. The number of alkyl halides is 10. The summed E-state index contributed by atoms with van der Waals surface area (Å²) in [6, 6.07) is 0. The molecule has 0 aromatic carbocycles. The third-order valence-corrected chi connectivity index (χ3v) is 4.79. The third-order valence-electron chi connectivity index (χ3n) is 4.79. The smallest absolute Gasteiger partial charge is 0.448 e. The second-order valence-electron chi connectivity index (χ2n) is 6.80. The van der Waals surface area contributed by atoms with Gasteiger partial charge in [-0.2, -0.15) is 39.5 Å². The maximum absolute atomic E-state index is 14.0. The minimum Gasteiger partial charge on any atom is -0.493 e. The van der Waals surface area contributed by atoms with Crippen molar-refractivity contribution in [1.82, 2.24) is 0 Å². The van der Waals surface area contributed by atoms with E-state index in [0.29, 0.717) is 0 Å². The van der Waals surface area contributed by atoms with Crippen LogP contribution in [-0.4, -0.2) is 75.0 Å². The number of rotatable bonds is 8. The lowest BCUT2D eigenvalue weighted by molar-refractivity contribution is -0.327. The van der Waals surface area contributed by atoms with E-state index in [-0.39, 0.29) is 20.1 Å². The fraction of sp³-hybridized carbons (Fsp3) is 0.765. The van der Waals surface area contributed by atoms with Crippen molar-refractivity contribution in [2.45, 2.75) is 55.5 Å². The van der Waals surface area contributed by atoms with Crippen LogP contribution in [0.5, 0.6) is 0 Å². The van der Waals surface area contributed by atoms with Gasteiger partial charge in [-0.25, -0.2) is 4.39 Å². The number of fused-ring (bicyclic) bond motifs is 1. The number of halogens is 10. The summed E-state index contributed by atoms with van der Waals surface area (Å²) < 4.78 is 155. The summed E-state index contributed by atoms with van der Waals surface area (Å²) in [6.07, 6.45) is -20.7. The molecule has 0 aromatic rings. The molecule has 0 amide bonds. The Morgan fingerprint density at radius 3 is 1.84 bits per heavy atom. The average molecular weight is 492 g/mol. The SMILES string of the molecule is C=COC1COC2C(OCCO/C(=C(/C)C(F)(C(F)(F)F)C(F)(F)F)C(F)(F)F)COC12. The minimum absolute atomic E-state index is 0.0664. The summed E-state index contributed by atoms with van der Waals surface area (Å²) in [5, 5.41) is 0. The van der Waals surface area contributed by atoms with Gasteiger partial charge in [-0.3, -0.25) is 0 Å². The highest BCUT2D eigenvalue weighted by molar-refractivity contribution is 5.27. The molecule has 2 fully saturated rings. The van der Waals surface area contributed by atoms with Gasteiger partial charge >= 0.3 is 24.2 Å². The Morgan fingerprint density at radius 1 is 0.875 bits per heavy atom. The Morgan fingerprint density at radius 2 is 1.38 bits per heavy atom. The molecule has 2 aliphatic heterocycles. The van der Waals surface area contributed by atoms with Gasteiger partial charge in [0.2, 0.25) is 5.76 Å². The van der Waals surface area contributed by atoms with Crippen molar-refractivity contribution in [1.29, 1.82) is 0 Å². The monoisotopic (exact) mass is 492 g/mol. The van der Waals surface area contributed by atoms with Crippen LogP contribution in [0.3, 0.4) is 0 Å². The molecule has 2 heterocycles. The van der Waals surface area contributed by atoms with E-state index in [9.17, 15) is 43.9 Å². The quantitative estimate of drug-likeness (QED) is 0.286. The van der Waals surface area contributed by atoms with E-state index in [4.69, 9.17) is 18.9 Å². The van der Waals surface area contributed by atoms with E-state index >= 15 is 0 Å². The minimum atomic E-state index is -6.72. The maximum Gasteiger partial charge on any atom is 0.448 e. The number of hydrogen-bond acceptors (Lipinski definition) is 5. The fourth-order valence-electron chi connectivity index (χ4n) is 3.30. The van der Waals surface area contributed by atoms with Gasteiger partial charge < -0.3 is 23.7 Å². The van der Waals surface area contributed by atoms with Crippen molar-refractivity contribution in [2.75, 3.05) is 26.4 Å². The van der Waals surface area contributed by atoms with Crippen molar-refractivity contribution in [2.24, 2.45) is 0 Å². The van der Waals surface area contributed by atoms with Crippen LogP contribution in [0.1, 0.15) is 6.92 Å². The fourth-order valence-corrected chi connectivity index (χ4v) is 3.30. The van der Waals surface area contributed by atoms with Crippen molar-refractivity contribution in [3.63, 3.8) is 0 Å². The highest BCUT2D eigenvalue weighted by Gasteiger charge is 2.75. The van der Waals surface area contributed by atoms with Crippen molar-refractivity contribution < 1.29 is 67.6 Å². The topological polar surface area (TPSA) is 46.2 Å². The van der Waals surface area contributed by atoms with E-state index in [1.807, 2.05) is 0 Å². The van der Waals surface area contributed by atoms with E-state index in [2.05, 4.69) is 11.3 Å². The van der Waals surface area contributed by atoms with Gasteiger partial charge in [-0.05, 0) is 6.92 Å². The average Bonchev–Trinajstić information content (AvgIpc) is 3.21. The molecule has 5 nitrogen and oxygen atoms in total. The van der Waals surface area contributed by atoms with Gasteiger partial charge in [-0.1, -0.05) is 6.58 Å². The lowest BCUT2D eigenvalue weighted by Gasteiger charge is -2.32. The van der Waals surface area contributed by atoms with Crippen LogP contribution in [0.15, 0.2) is 24.2 Å². The summed E-state index contributed by atoms with van der Waals surface area (Å²) in [7, 11) is 0. The zero-order valence-corrected chi connectivity index (χ0v) is 16.2. The van der Waals surface area contributed by atoms with Crippen molar-refractivity contribution in [3.05, 3.63) is 24.2 Å². The second kappa shape index (κ2) is 9.25. The first kappa shape index (κ1) is 26.5. The molecule has 4 unspecified atom stereocenters. The van der Waals surface area contributed by atoms with Gasteiger partial charge in [0.05, 0.1) is 26.1 Å². The van der Waals surface area contributed by atoms with Crippen LogP contribution in [-0.2, 0) is 23.7 Å². The Balaban J connectivity index is 2.09. The first-order valence-corrected chi connectivity index (χ1v) is 8.90. The first-order chi connectivity index (χ1) is 14.6. The number of ether oxygens (including phenoxy) is 5. The lowest BCUT2D eigenvalue weighted by Crippen LogP contribution is -2.55. The van der Waals surface area contributed by atoms with Crippen LogP contribution >= 0.6 is 0 Å². The predicted octanol–water partition coefficient (Wildman–Crippen LogP) is 4.38. The summed E-state index contributed by atoms with van der Waals surface area (Å²) in [5.41, 5.74) is -8.99. The molecule has 15 heteroatoms. The molecule has 0 aliphatic carbocycles. The maximum atomic E-state index is 14.0. The molecular formula is C17H18F10O5. The number of hydrogen-bond donors (Lipinski definition) is 0. The van der Waals surface area contributed by atoms with Gasteiger partial charge in [0.1, 0.15) is 31.0 Å². The molecule has 0 N–H and O–H groups in total. The summed E-state index contributed by atoms with van der Waals surface area (Å²) in [4.78, 5) is 0. The Kier molecular flexibility index (Phi) is 7.66. The van der Waals surface area contributed by atoms with Gasteiger partial charge in [0.15, 0.2) is 0 Å². The predicted molar refractivity (Wildman–Crippen MR) is 84.9 cm³/mol. The van der Waals surface area contributed by atoms with E-state index in [1.54, 1.807) is 0 Å². The van der Waals surface area contributed by atoms with Gasteiger partial charge in [-0.15, -0.1) is 0 Å². The van der Waals surface area contributed by atoms with Crippen LogP contribution in [0.25, 0.3) is 0 Å². The Hall–Kier alpha value is -1.74. The molecule has 186 valence electrons. The summed E-state index contributed by atoms with van der Waals surface area (Å²) >= 11 is 0. The molecule has 2 rings (SSSR count). The van der Waals surface area contributed by atoms with Gasteiger partial charge in [0, 0.05) is 5.57 Å². The normalized spacial score (nSPS) is 27.7. The van der Waals surface area contributed by atoms with Crippen LogP contribution in [0.4, 0.5) is 43.9 Å². The van der Waals surface area contributed by atoms with Crippen LogP contribution < -0.4 is 0 Å². The Labute approximate surface area is 174 Å². The molecule has 0 radical (unpaired) electrons. The molecule has 0 aromatic heterocycles. The largest absolute Gasteiger partial charge is 0.493 e. The molecule has 32 heavy (non-hydrogen) atoms. The van der Waals surface area contributed by atoms with E-state index in [1.165, 1.54) is 0 Å². The molecule has 0 saturated carbocycles. The highest BCUT2D eigenvalue weighted by atomic mass is 19.4. The van der Waals surface area contributed by atoms with Crippen molar-refractivity contribution >= 4 is 0 Å².